The van der Waals surface area contributed by atoms with Crippen LogP contribution in [-0.2, 0) is 6.54 Å². The average molecular weight is 251 g/mol. The van der Waals surface area contributed by atoms with Gasteiger partial charge in [0.25, 0.3) is 0 Å². The van der Waals surface area contributed by atoms with E-state index in [1.807, 2.05) is 0 Å². The van der Waals surface area contributed by atoms with Gasteiger partial charge in [-0.05, 0) is 24.7 Å². The number of hydrogen-bond donors (Lipinski definition) is 1. The molecule has 17 heavy (non-hydrogen) atoms. The van der Waals surface area contributed by atoms with E-state index in [-0.39, 0.29) is 18.8 Å². The molecule has 0 aliphatic heterocycles. The smallest absolute Gasteiger partial charge is 0.390 e. The third kappa shape index (κ3) is 5.53. The topological polar surface area (TPSA) is 23.5 Å². The summed E-state index contributed by atoms with van der Waals surface area (Å²) in [6, 6.07) is 3.45. The molecule has 0 atom stereocenters. The zero-order chi connectivity index (χ0) is 13.1. The quantitative estimate of drug-likeness (QED) is 0.832. The van der Waals surface area contributed by atoms with Crippen molar-refractivity contribution in [2.24, 2.45) is 0 Å². The number of benzene rings is 1. The number of phenolic OH excluding ortho intramolecular Hbond substituents is 1. The Balaban J connectivity index is 2.53. The number of phenols is 1. The van der Waals surface area contributed by atoms with E-state index in [9.17, 15) is 17.6 Å². The number of halogens is 4. The first kappa shape index (κ1) is 13.8. The Morgan fingerprint density at radius 2 is 1.88 bits per heavy atom. The van der Waals surface area contributed by atoms with E-state index < -0.39 is 18.4 Å². The summed E-state index contributed by atoms with van der Waals surface area (Å²) in [6.07, 6.45) is -5.11. The zero-order valence-corrected chi connectivity index (χ0v) is 9.26. The highest BCUT2D eigenvalue weighted by molar-refractivity contribution is 5.28. The summed E-state index contributed by atoms with van der Waals surface area (Å²) in [6.45, 7) is -0.0117. The second-order valence-corrected chi connectivity index (χ2v) is 3.92. The molecule has 2 nitrogen and oxygen atoms in total. The molecule has 0 aromatic heterocycles. The minimum atomic E-state index is -4.20. The first-order chi connectivity index (χ1) is 7.76. The number of rotatable bonds is 4. The van der Waals surface area contributed by atoms with Crippen LogP contribution in [0.15, 0.2) is 18.2 Å². The van der Waals surface area contributed by atoms with Gasteiger partial charge in [-0.25, -0.2) is 4.39 Å². The van der Waals surface area contributed by atoms with Gasteiger partial charge in [0.05, 0.1) is 6.42 Å². The second kappa shape index (κ2) is 5.35. The molecule has 1 aromatic carbocycles. The van der Waals surface area contributed by atoms with Crippen molar-refractivity contribution >= 4 is 0 Å². The van der Waals surface area contributed by atoms with Crippen LogP contribution in [0.2, 0.25) is 0 Å². The summed E-state index contributed by atoms with van der Waals surface area (Å²) in [7, 11) is 1.51. The van der Waals surface area contributed by atoms with E-state index in [4.69, 9.17) is 5.11 Å². The Hall–Kier alpha value is -1.30. The SMILES string of the molecule is CN(CCC(F)(F)F)Cc1cc(O)cc(F)c1. The molecule has 0 heterocycles. The summed E-state index contributed by atoms with van der Waals surface area (Å²) in [5, 5.41) is 9.13. The molecule has 0 aliphatic carbocycles. The maximum atomic E-state index is 12.9. The van der Waals surface area contributed by atoms with Crippen molar-refractivity contribution in [2.75, 3.05) is 13.6 Å². The lowest BCUT2D eigenvalue weighted by Gasteiger charge is -2.17. The van der Waals surface area contributed by atoms with Crippen molar-refractivity contribution in [3.05, 3.63) is 29.6 Å². The number of nitrogens with zero attached hydrogens (tertiary/aromatic N) is 1. The highest BCUT2D eigenvalue weighted by atomic mass is 19.4. The lowest BCUT2D eigenvalue weighted by Crippen LogP contribution is -2.24. The third-order valence-corrected chi connectivity index (χ3v) is 2.17. The normalized spacial score (nSPS) is 12.1. The molecule has 1 aromatic rings. The van der Waals surface area contributed by atoms with Crippen LogP contribution in [-0.4, -0.2) is 29.8 Å². The minimum absolute atomic E-state index is 0.154. The molecule has 0 bridgehead atoms. The summed E-state index contributed by atoms with van der Waals surface area (Å²) in [5.74, 6) is -0.839. The highest BCUT2D eigenvalue weighted by Gasteiger charge is 2.27. The van der Waals surface area contributed by atoms with Gasteiger partial charge in [-0.1, -0.05) is 0 Å². The van der Waals surface area contributed by atoms with E-state index >= 15 is 0 Å². The van der Waals surface area contributed by atoms with Gasteiger partial charge in [0.15, 0.2) is 0 Å². The van der Waals surface area contributed by atoms with Gasteiger partial charge >= 0.3 is 6.18 Å². The van der Waals surface area contributed by atoms with Crippen molar-refractivity contribution in [3.63, 3.8) is 0 Å². The molecule has 0 radical (unpaired) electrons. The fourth-order valence-electron chi connectivity index (χ4n) is 1.43. The molecular weight excluding hydrogens is 238 g/mol. The molecule has 1 rings (SSSR count). The average Bonchev–Trinajstić information content (AvgIpc) is 2.11. The van der Waals surface area contributed by atoms with Crippen LogP contribution in [0.3, 0.4) is 0 Å². The highest BCUT2D eigenvalue weighted by Crippen LogP contribution is 2.20. The van der Waals surface area contributed by atoms with E-state index in [0.717, 1.165) is 6.07 Å². The van der Waals surface area contributed by atoms with Crippen molar-refractivity contribution in [3.8, 4) is 5.75 Å². The van der Waals surface area contributed by atoms with Crippen molar-refractivity contribution in [2.45, 2.75) is 19.1 Å². The van der Waals surface area contributed by atoms with E-state index in [2.05, 4.69) is 0 Å². The van der Waals surface area contributed by atoms with Gasteiger partial charge in [-0.3, -0.25) is 0 Å². The van der Waals surface area contributed by atoms with Gasteiger partial charge in [0, 0.05) is 19.2 Å². The maximum absolute atomic E-state index is 12.9. The number of hydrogen-bond acceptors (Lipinski definition) is 2. The van der Waals surface area contributed by atoms with Crippen LogP contribution < -0.4 is 0 Å². The molecule has 0 aliphatic rings. The summed E-state index contributed by atoms with van der Waals surface area (Å²) in [5.41, 5.74) is 0.437. The Kier molecular flexibility index (Phi) is 4.34. The van der Waals surface area contributed by atoms with Crippen molar-refractivity contribution < 1.29 is 22.7 Å². The molecule has 6 heteroatoms. The monoisotopic (exact) mass is 251 g/mol. The van der Waals surface area contributed by atoms with Crippen LogP contribution in [0.5, 0.6) is 5.75 Å². The van der Waals surface area contributed by atoms with Gasteiger partial charge in [-0.2, -0.15) is 13.2 Å². The summed E-state index contributed by atoms with van der Waals surface area (Å²) in [4.78, 5) is 1.42. The minimum Gasteiger partial charge on any atom is -0.508 e. The van der Waals surface area contributed by atoms with Crippen LogP contribution in [0, 0.1) is 5.82 Å². The second-order valence-electron chi connectivity index (χ2n) is 3.92. The fraction of sp³-hybridized carbons (Fsp3) is 0.455. The first-order valence-electron chi connectivity index (χ1n) is 5.00. The predicted octanol–water partition coefficient (Wildman–Crippen LogP) is 2.92. The van der Waals surface area contributed by atoms with Crippen LogP contribution in [0.25, 0.3) is 0 Å². The molecule has 1 N–H and O–H groups in total. The Morgan fingerprint density at radius 1 is 1.24 bits per heavy atom. The van der Waals surface area contributed by atoms with E-state index in [1.165, 1.54) is 24.1 Å². The third-order valence-electron chi connectivity index (χ3n) is 2.17. The maximum Gasteiger partial charge on any atom is 0.390 e. The van der Waals surface area contributed by atoms with Gasteiger partial charge in [0.1, 0.15) is 11.6 Å². The van der Waals surface area contributed by atoms with Crippen molar-refractivity contribution in [1.82, 2.24) is 4.90 Å². The standard InChI is InChI=1S/C11H13F4NO/c1-16(3-2-11(13,14)15)7-8-4-9(12)6-10(17)5-8/h4-6,17H,2-3,7H2,1H3. The lowest BCUT2D eigenvalue weighted by molar-refractivity contribution is -0.137. The van der Waals surface area contributed by atoms with Crippen molar-refractivity contribution in [1.29, 1.82) is 0 Å². The summed E-state index contributed by atoms with van der Waals surface area (Å²) < 4.78 is 48.8. The lowest BCUT2D eigenvalue weighted by atomic mass is 10.2. The number of alkyl halides is 3. The van der Waals surface area contributed by atoms with Crippen LogP contribution >= 0.6 is 0 Å². The Labute approximate surface area is 96.5 Å². The fourth-order valence-corrected chi connectivity index (χ4v) is 1.43. The molecule has 0 unspecified atom stereocenters. The largest absolute Gasteiger partial charge is 0.508 e. The first-order valence-corrected chi connectivity index (χ1v) is 5.00. The molecule has 0 saturated heterocycles. The van der Waals surface area contributed by atoms with E-state index in [1.54, 1.807) is 0 Å². The van der Waals surface area contributed by atoms with Gasteiger partial charge in [0.2, 0.25) is 0 Å². The molecule has 0 spiro atoms. The Morgan fingerprint density at radius 3 is 2.41 bits per heavy atom. The van der Waals surface area contributed by atoms with Gasteiger partial charge in [-0.15, -0.1) is 0 Å². The molecule has 96 valence electrons. The molecular formula is C11H13F4NO. The van der Waals surface area contributed by atoms with Crippen LogP contribution in [0.4, 0.5) is 17.6 Å². The van der Waals surface area contributed by atoms with E-state index in [0.29, 0.717) is 5.56 Å². The van der Waals surface area contributed by atoms with Gasteiger partial charge < -0.3 is 10.0 Å². The predicted molar refractivity (Wildman–Crippen MR) is 55.1 cm³/mol. The summed E-state index contributed by atoms with van der Waals surface area (Å²) >= 11 is 0. The molecule has 0 fully saturated rings. The zero-order valence-electron chi connectivity index (χ0n) is 9.26. The van der Waals surface area contributed by atoms with Crippen LogP contribution in [0.1, 0.15) is 12.0 Å². The molecule has 0 amide bonds. The number of aromatic hydroxyl groups is 1. The Bertz CT molecular complexity index is 358. The molecule has 0 saturated carbocycles.